The number of fused-ring (bicyclic) bond motifs is 3. The molecule has 28 heavy (non-hydrogen) atoms. The molecule has 148 valence electrons. The molecule has 2 aromatic rings. The Labute approximate surface area is 166 Å². The summed E-state index contributed by atoms with van der Waals surface area (Å²) in [4.78, 5) is 5.51. The number of aryl methyl sites for hydroxylation is 1. The average Bonchev–Trinajstić information content (AvgIpc) is 3.43. The Morgan fingerprint density at radius 1 is 1.11 bits per heavy atom. The number of hydrogen-bond donors (Lipinski definition) is 0. The predicted molar refractivity (Wildman–Crippen MR) is 106 cm³/mol. The van der Waals surface area contributed by atoms with Crippen LogP contribution in [0.4, 0.5) is 0 Å². The summed E-state index contributed by atoms with van der Waals surface area (Å²) in [5, 5.41) is 4.48. The average molecular weight is 380 g/mol. The van der Waals surface area contributed by atoms with Crippen molar-refractivity contribution in [2.45, 2.75) is 44.3 Å². The molecule has 3 atom stereocenters. The lowest BCUT2D eigenvalue weighted by Gasteiger charge is -2.51. The lowest BCUT2D eigenvalue weighted by Crippen LogP contribution is -2.59. The van der Waals surface area contributed by atoms with Gasteiger partial charge in [-0.05, 0) is 56.5 Å². The molecule has 4 fully saturated rings. The molecule has 0 saturated carbocycles. The summed E-state index contributed by atoms with van der Waals surface area (Å²) < 4.78 is 13.2. The SMILES string of the molecule is Cc1c(CN2C[C@H](c3ccc4c(c3)OCO4)[C@@H]3[C@H]2C2CCN3CC2)cnn1C. The third kappa shape index (κ3) is 2.44. The van der Waals surface area contributed by atoms with Gasteiger partial charge in [0.2, 0.25) is 6.79 Å². The summed E-state index contributed by atoms with van der Waals surface area (Å²) in [6.07, 6.45) is 4.74. The number of hydrogen-bond acceptors (Lipinski definition) is 5. The molecule has 7 rings (SSSR count). The highest BCUT2D eigenvalue weighted by molar-refractivity contribution is 5.46. The summed E-state index contributed by atoms with van der Waals surface area (Å²) in [6.45, 7) is 7.15. The first-order chi connectivity index (χ1) is 13.7. The highest BCUT2D eigenvalue weighted by Crippen LogP contribution is 2.48. The fourth-order valence-electron chi connectivity index (χ4n) is 6.08. The molecule has 6 nitrogen and oxygen atoms in total. The van der Waals surface area contributed by atoms with Gasteiger partial charge in [-0.2, -0.15) is 5.10 Å². The molecule has 5 aliphatic rings. The van der Waals surface area contributed by atoms with E-state index in [-0.39, 0.29) is 0 Å². The minimum atomic E-state index is 0.343. The molecule has 0 spiro atoms. The Kier molecular flexibility index (Phi) is 3.75. The minimum absolute atomic E-state index is 0.343. The highest BCUT2D eigenvalue weighted by Gasteiger charge is 2.53. The second-order valence-electron chi connectivity index (χ2n) is 8.88. The monoisotopic (exact) mass is 380 g/mol. The maximum Gasteiger partial charge on any atom is 0.231 e. The first kappa shape index (κ1) is 16.9. The van der Waals surface area contributed by atoms with Crippen molar-refractivity contribution in [1.29, 1.82) is 0 Å². The molecule has 1 aromatic carbocycles. The van der Waals surface area contributed by atoms with E-state index in [2.05, 4.69) is 46.2 Å². The second-order valence-corrected chi connectivity index (χ2v) is 8.88. The van der Waals surface area contributed by atoms with Crippen molar-refractivity contribution >= 4 is 0 Å². The summed E-state index contributed by atoms with van der Waals surface area (Å²) in [7, 11) is 2.04. The predicted octanol–water partition coefficient (Wildman–Crippen LogP) is 2.52. The molecular formula is C22H28N4O2. The van der Waals surface area contributed by atoms with Crippen molar-refractivity contribution in [2.75, 3.05) is 26.4 Å². The number of benzene rings is 1. The largest absolute Gasteiger partial charge is 0.454 e. The number of ether oxygens (including phenoxy) is 2. The Morgan fingerprint density at radius 2 is 1.93 bits per heavy atom. The quantitative estimate of drug-likeness (QED) is 0.819. The Balaban J connectivity index is 1.35. The molecule has 6 heteroatoms. The highest BCUT2D eigenvalue weighted by atomic mass is 16.7. The van der Waals surface area contributed by atoms with Crippen LogP contribution in [0.15, 0.2) is 24.4 Å². The summed E-state index contributed by atoms with van der Waals surface area (Å²) in [5.41, 5.74) is 4.05. The molecule has 1 aromatic heterocycles. The van der Waals surface area contributed by atoms with E-state index >= 15 is 0 Å². The van der Waals surface area contributed by atoms with E-state index in [1.807, 2.05) is 11.7 Å². The van der Waals surface area contributed by atoms with Crippen molar-refractivity contribution in [1.82, 2.24) is 19.6 Å². The van der Waals surface area contributed by atoms with Gasteiger partial charge < -0.3 is 9.47 Å². The maximum atomic E-state index is 5.68. The van der Waals surface area contributed by atoms with Gasteiger partial charge in [0.1, 0.15) is 0 Å². The summed E-state index contributed by atoms with van der Waals surface area (Å²) >= 11 is 0. The standard InChI is InChI=1S/C22H28N4O2/c1-14-17(10-23-24(14)2)11-26-12-18(16-3-4-19-20(9-16)28-13-27-19)22-21(26)15-5-7-25(22)8-6-15/h3-4,9-10,15,18,21-22H,5-8,11-13H2,1-2H3/t18-,21-,22-/m1/s1. The van der Waals surface area contributed by atoms with Crippen LogP contribution in [0.2, 0.25) is 0 Å². The Bertz CT molecular complexity index is 902. The van der Waals surface area contributed by atoms with Crippen LogP contribution in [0.1, 0.15) is 35.6 Å². The van der Waals surface area contributed by atoms with Crippen LogP contribution in [-0.2, 0) is 13.6 Å². The molecule has 0 N–H and O–H groups in total. The van der Waals surface area contributed by atoms with Gasteiger partial charge >= 0.3 is 0 Å². The molecule has 5 aliphatic heterocycles. The molecule has 6 heterocycles. The molecule has 2 bridgehead atoms. The van der Waals surface area contributed by atoms with Crippen LogP contribution < -0.4 is 9.47 Å². The molecule has 0 unspecified atom stereocenters. The normalized spacial score (nSPS) is 33.4. The van der Waals surface area contributed by atoms with Crippen LogP contribution in [0.3, 0.4) is 0 Å². The van der Waals surface area contributed by atoms with Crippen LogP contribution >= 0.6 is 0 Å². The van der Waals surface area contributed by atoms with E-state index in [1.54, 1.807) is 0 Å². The number of rotatable bonds is 3. The minimum Gasteiger partial charge on any atom is -0.454 e. The van der Waals surface area contributed by atoms with Crippen LogP contribution in [-0.4, -0.2) is 58.1 Å². The Morgan fingerprint density at radius 3 is 2.71 bits per heavy atom. The van der Waals surface area contributed by atoms with Gasteiger partial charge in [0.15, 0.2) is 11.5 Å². The van der Waals surface area contributed by atoms with Crippen molar-refractivity contribution in [3.8, 4) is 11.5 Å². The van der Waals surface area contributed by atoms with Crippen molar-refractivity contribution in [3.63, 3.8) is 0 Å². The molecule has 4 saturated heterocycles. The van der Waals surface area contributed by atoms with Gasteiger partial charge in [-0.3, -0.25) is 14.5 Å². The van der Waals surface area contributed by atoms with Gasteiger partial charge in [0.05, 0.1) is 6.20 Å². The lowest BCUT2D eigenvalue weighted by molar-refractivity contribution is -0.00874. The van der Waals surface area contributed by atoms with Gasteiger partial charge in [-0.25, -0.2) is 0 Å². The van der Waals surface area contributed by atoms with Gasteiger partial charge in [0.25, 0.3) is 0 Å². The lowest BCUT2D eigenvalue weighted by atomic mass is 9.75. The van der Waals surface area contributed by atoms with E-state index in [4.69, 9.17) is 9.47 Å². The van der Waals surface area contributed by atoms with Gasteiger partial charge in [-0.1, -0.05) is 6.07 Å². The molecule has 0 radical (unpaired) electrons. The first-order valence-corrected chi connectivity index (χ1v) is 10.5. The third-order valence-corrected chi connectivity index (χ3v) is 7.63. The topological polar surface area (TPSA) is 42.8 Å². The van der Waals surface area contributed by atoms with E-state index in [0.29, 0.717) is 24.8 Å². The fourth-order valence-corrected chi connectivity index (χ4v) is 6.08. The number of likely N-dealkylation sites (tertiary alicyclic amines) is 1. The van der Waals surface area contributed by atoms with Crippen molar-refractivity contribution < 1.29 is 9.47 Å². The number of piperidine rings is 3. The molecule has 0 amide bonds. The van der Waals surface area contributed by atoms with Crippen LogP contribution in [0.5, 0.6) is 11.5 Å². The van der Waals surface area contributed by atoms with E-state index < -0.39 is 0 Å². The van der Waals surface area contributed by atoms with Crippen LogP contribution in [0, 0.1) is 12.8 Å². The van der Waals surface area contributed by atoms with E-state index in [0.717, 1.165) is 30.5 Å². The van der Waals surface area contributed by atoms with Crippen LogP contribution in [0.25, 0.3) is 0 Å². The van der Waals surface area contributed by atoms with Crippen molar-refractivity contribution in [2.24, 2.45) is 13.0 Å². The van der Waals surface area contributed by atoms with Crippen molar-refractivity contribution in [3.05, 3.63) is 41.2 Å². The summed E-state index contributed by atoms with van der Waals surface area (Å²) in [6, 6.07) is 7.85. The number of aromatic nitrogens is 2. The molecular weight excluding hydrogens is 352 g/mol. The van der Waals surface area contributed by atoms with Gasteiger partial charge in [0, 0.05) is 49.4 Å². The van der Waals surface area contributed by atoms with E-state index in [9.17, 15) is 0 Å². The zero-order valence-corrected chi connectivity index (χ0v) is 16.7. The van der Waals surface area contributed by atoms with E-state index in [1.165, 1.54) is 42.8 Å². The zero-order chi connectivity index (χ0) is 18.8. The third-order valence-electron chi connectivity index (χ3n) is 7.63. The Hall–Kier alpha value is -2.05. The second kappa shape index (κ2) is 6.22. The first-order valence-electron chi connectivity index (χ1n) is 10.5. The zero-order valence-electron chi connectivity index (χ0n) is 16.7. The number of nitrogens with zero attached hydrogens (tertiary/aromatic N) is 4. The molecule has 0 aliphatic carbocycles. The summed E-state index contributed by atoms with van der Waals surface area (Å²) in [5.74, 6) is 3.14. The van der Waals surface area contributed by atoms with Gasteiger partial charge in [-0.15, -0.1) is 0 Å². The fraction of sp³-hybridized carbons (Fsp3) is 0.591. The smallest absolute Gasteiger partial charge is 0.231 e. The maximum absolute atomic E-state index is 5.68.